The van der Waals surface area contributed by atoms with Gasteiger partial charge < -0.3 is 20.3 Å². The van der Waals surface area contributed by atoms with Gasteiger partial charge in [0.15, 0.2) is 0 Å². The maximum absolute atomic E-state index is 13.1. The lowest BCUT2D eigenvalue weighted by molar-refractivity contribution is 0.205. The van der Waals surface area contributed by atoms with E-state index >= 15 is 0 Å². The molecule has 0 radical (unpaired) electrons. The molecule has 0 fully saturated rings. The fourth-order valence-electron chi connectivity index (χ4n) is 3.45. The minimum absolute atomic E-state index is 0.158. The van der Waals surface area contributed by atoms with Crippen LogP contribution in [0.25, 0.3) is 0 Å². The molecule has 34 heavy (non-hydrogen) atoms. The SMILES string of the molecule is CCOc1ccc(Oc2ccc(S(=O)(=O)N3CCc4ccccc4C3)cc2Cl)cc1.NC(=O)O. The summed E-state index contributed by atoms with van der Waals surface area (Å²) in [5, 5.41) is 7.43. The van der Waals surface area contributed by atoms with Crippen LogP contribution in [0.2, 0.25) is 5.02 Å². The number of nitrogens with zero attached hydrogens (tertiary/aromatic N) is 1. The molecule has 3 N–H and O–H groups in total. The Hall–Kier alpha value is -3.27. The van der Waals surface area contributed by atoms with Crippen LogP contribution < -0.4 is 15.2 Å². The van der Waals surface area contributed by atoms with E-state index in [1.54, 1.807) is 30.3 Å². The van der Waals surface area contributed by atoms with Crippen molar-refractivity contribution in [3.63, 3.8) is 0 Å². The molecule has 0 aliphatic carbocycles. The molecule has 0 saturated carbocycles. The van der Waals surface area contributed by atoms with E-state index in [1.165, 1.54) is 22.0 Å². The Morgan fingerprint density at radius 1 is 1.06 bits per heavy atom. The molecule has 8 nitrogen and oxygen atoms in total. The number of carbonyl (C=O) groups is 1. The Bertz CT molecular complexity index is 1240. The normalized spacial score (nSPS) is 13.2. The van der Waals surface area contributed by atoms with E-state index in [4.69, 9.17) is 31.0 Å². The molecule has 10 heteroatoms. The highest BCUT2D eigenvalue weighted by atomic mass is 35.5. The highest BCUT2D eigenvalue weighted by Crippen LogP contribution is 2.34. The molecule has 0 unspecified atom stereocenters. The molecule has 0 saturated heterocycles. The fourth-order valence-corrected chi connectivity index (χ4v) is 5.18. The monoisotopic (exact) mass is 504 g/mol. The van der Waals surface area contributed by atoms with Gasteiger partial charge in [0.05, 0.1) is 16.5 Å². The third-order valence-corrected chi connectivity index (χ3v) is 7.14. The number of primary amides is 1. The Kier molecular flexibility index (Phi) is 8.38. The Morgan fingerprint density at radius 3 is 2.29 bits per heavy atom. The number of benzene rings is 3. The van der Waals surface area contributed by atoms with Crippen LogP contribution in [0.3, 0.4) is 0 Å². The number of carboxylic acid groups (broad SMARTS) is 1. The van der Waals surface area contributed by atoms with Crippen molar-refractivity contribution >= 4 is 27.7 Å². The topological polar surface area (TPSA) is 119 Å². The van der Waals surface area contributed by atoms with Gasteiger partial charge in [-0.3, -0.25) is 0 Å². The number of fused-ring (bicyclic) bond motifs is 1. The van der Waals surface area contributed by atoms with E-state index < -0.39 is 16.1 Å². The highest BCUT2D eigenvalue weighted by Gasteiger charge is 2.28. The first-order valence-corrected chi connectivity index (χ1v) is 12.3. The first kappa shape index (κ1) is 25.4. The van der Waals surface area contributed by atoms with Crippen molar-refractivity contribution < 1.29 is 27.8 Å². The summed E-state index contributed by atoms with van der Waals surface area (Å²) in [5.41, 5.74) is 6.26. The number of halogens is 1. The van der Waals surface area contributed by atoms with Gasteiger partial charge >= 0.3 is 6.09 Å². The number of ether oxygens (including phenoxy) is 2. The maximum Gasteiger partial charge on any atom is 0.402 e. The molecule has 1 amide bonds. The van der Waals surface area contributed by atoms with Crippen LogP contribution in [-0.2, 0) is 23.0 Å². The van der Waals surface area contributed by atoms with Gasteiger partial charge in [-0.25, -0.2) is 13.2 Å². The van der Waals surface area contributed by atoms with Crippen molar-refractivity contribution in [2.75, 3.05) is 13.2 Å². The number of rotatable bonds is 6. The number of amides is 1. The molecular formula is C24H25ClN2O6S. The van der Waals surface area contributed by atoms with E-state index in [9.17, 15) is 8.42 Å². The summed E-state index contributed by atoms with van der Waals surface area (Å²) >= 11 is 6.35. The number of nitrogens with two attached hydrogens (primary N) is 1. The van der Waals surface area contributed by atoms with Crippen molar-refractivity contribution in [2.45, 2.75) is 24.8 Å². The van der Waals surface area contributed by atoms with Crippen LogP contribution in [-0.4, -0.2) is 37.1 Å². The largest absolute Gasteiger partial charge is 0.494 e. The summed E-state index contributed by atoms with van der Waals surface area (Å²) in [7, 11) is -3.65. The van der Waals surface area contributed by atoms with Crippen LogP contribution in [0.1, 0.15) is 18.1 Å². The lowest BCUT2D eigenvalue weighted by Gasteiger charge is -2.28. The molecule has 1 aliphatic rings. The van der Waals surface area contributed by atoms with Crippen molar-refractivity contribution in [3.05, 3.63) is 82.9 Å². The molecule has 0 atom stereocenters. The van der Waals surface area contributed by atoms with Gasteiger partial charge in [-0.1, -0.05) is 35.9 Å². The molecule has 0 spiro atoms. The molecule has 0 bridgehead atoms. The van der Waals surface area contributed by atoms with E-state index in [-0.39, 0.29) is 9.92 Å². The molecular weight excluding hydrogens is 480 g/mol. The Labute approximate surface area is 203 Å². The summed E-state index contributed by atoms with van der Waals surface area (Å²) in [6.45, 7) is 3.31. The minimum atomic E-state index is -3.65. The summed E-state index contributed by atoms with van der Waals surface area (Å²) in [5.74, 6) is 1.73. The quantitative estimate of drug-likeness (QED) is 0.492. The van der Waals surface area contributed by atoms with Gasteiger partial charge in [-0.05, 0) is 66.9 Å². The van der Waals surface area contributed by atoms with Gasteiger partial charge in [0, 0.05) is 13.1 Å². The molecule has 1 heterocycles. The standard InChI is InChI=1S/C23H22ClNO4S.CH3NO2/c1-2-28-19-7-9-20(10-8-19)29-23-12-11-21(15-22(23)24)30(26,27)25-14-13-17-5-3-4-6-18(17)16-25;2-1(3)4/h3-12,15H,2,13-14,16H2,1H3;2H2,(H,3,4). The zero-order chi connectivity index (χ0) is 24.7. The van der Waals surface area contributed by atoms with Gasteiger partial charge in [-0.15, -0.1) is 0 Å². The second-order valence-corrected chi connectivity index (χ2v) is 9.64. The summed E-state index contributed by atoms with van der Waals surface area (Å²) in [4.78, 5) is 8.94. The fraction of sp³-hybridized carbons (Fsp3) is 0.208. The summed E-state index contributed by atoms with van der Waals surface area (Å²) < 4.78 is 39.0. The molecule has 3 aromatic rings. The molecule has 0 aromatic heterocycles. The molecule has 180 valence electrons. The average molecular weight is 505 g/mol. The van der Waals surface area contributed by atoms with Crippen LogP contribution in [0.4, 0.5) is 4.79 Å². The first-order valence-electron chi connectivity index (χ1n) is 10.5. The van der Waals surface area contributed by atoms with Gasteiger partial charge in [0.1, 0.15) is 17.2 Å². The number of hydrogen-bond acceptors (Lipinski definition) is 5. The Balaban J connectivity index is 0.000000751. The van der Waals surface area contributed by atoms with Crippen molar-refractivity contribution in [1.82, 2.24) is 4.31 Å². The lowest BCUT2D eigenvalue weighted by Crippen LogP contribution is -2.35. The maximum atomic E-state index is 13.1. The number of sulfonamides is 1. The Morgan fingerprint density at radius 2 is 1.68 bits per heavy atom. The second kappa shape index (κ2) is 11.2. The van der Waals surface area contributed by atoms with Gasteiger partial charge in [-0.2, -0.15) is 4.31 Å². The lowest BCUT2D eigenvalue weighted by atomic mass is 10.0. The molecule has 1 aliphatic heterocycles. The third-order valence-electron chi connectivity index (χ3n) is 5.00. The van der Waals surface area contributed by atoms with Crippen molar-refractivity contribution in [1.29, 1.82) is 0 Å². The average Bonchev–Trinajstić information content (AvgIpc) is 2.81. The van der Waals surface area contributed by atoms with Crippen molar-refractivity contribution in [2.24, 2.45) is 5.73 Å². The van der Waals surface area contributed by atoms with E-state index in [2.05, 4.69) is 5.73 Å². The van der Waals surface area contributed by atoms with Crippen molar-refractivity contribution in [3.8, 4) is 17.2 Å². The molecule has 3 aromatic carbocycles. The van der Waals surface area contributed by atoms with Crippen LogP contribution in [0, 0.1) is 0 Å². The third kappa shape index (κ3) is 6.40. The molecule has 4 rings (SSSR count). The van der Waals surface area contributed by atoms with Crippen LogP contribution >= 0.6 is 11.6 Å². The predicted octanol–water partition coefficient (Wildman–Crippen LogP) is 4.90. The predicted molar refractivity (Wildman–Crippen MR) is 129 cm³/mol. The summed E-state index contributed by atoms with van der Waals surface area (Å²) in [6, 6.07) is 19.6. The second-order valence-electron chi connectivity index (χ2n) is 7.29. The van der Waals surface area contributed by atoms with E-state index in [1.807, 2.05) is 31.2 Å². The van der Waals surface area contributed by atoms with Crippen LogP contribution in [0.15, 0.2) is 71.6 Å². The zero-order valence-electron chi connectivity index (χ0n) is 18.5. The highest BCUT2D eigenvalue weighted by molar-refractivity contribution is 7.89. The first-order chi connectivity index (χ1) is 16.2. The zero-order valence-corrected chi connectivity index (χ0v) is 20.1. The van der Waals surface area contributed by atoms with Crippen LogP contribution in [0.5, 0.6) is 17.2 Å². The van der Waals surface area contributed by atoms with Gasteiger partial charge in [0.25, 0.3) is 0 Å². The minimum Gasteiger partial charge on any atom is -0.494 e. The van der Waals surface area contributed by atoms with Gasteiger partial charge in [0.2, 0.25) is 10.0 Å². The number of hydrogen-bond donors (Lipinski definition) is 2. The van der Waals surface area contributed by atoms with E-state index in [0.717, 1.165) is 11.3 Å². The van der Waals surface area contributed by atoms with E-state index in [0.29, 0.717) is 37.6 Å². The summed E-state index contributed by atoms with van der Waals surface area (Å²) in [6.07, 6.45) is -0.637. The smallest absolute Gasteiger partial charge is 0.402 e.